The Balaban J connectivity index is 3.21. The van der Waals surface area contributed by atoms with Crippen LogP contribution in [0.5, 0.6) is 5.75 Å². The van der Waals surface area contributed by atoms with Gasteiger partial charge in [0.25, 0.3) is 0 Å². The molecule has 0 amide bonds. The number of hydrogen-bond donors (Lipinski definition) is 1. The highest BCUT2D eigenvalue weighted by atomic mass is 32.2. The lowest BCUT2D eigenvalue weighted by molar-refractivity contribution is 0.411. The Morgan fingerprint density at radius 2 is 2.06 bits per heavy atom. The lowest BCUT2D eigenvalue weighted by Gasteiger charge is -2.12. The Kier molecular flexibility index (Phi) is 3.93. The first kappa shape index (κ1) is 13.0. The van der Waals surface area contributed by atoms with Gasteiger partial charge in [-0.05, 0) is 37.6 Å². The Morgan fingerprint density at radius 1 is 1.44 bits per heavy atom. The van der Waals surface area contributed by atoms with Crippen molar-refractivity contribution in [2.45, 2.75) is 24.0 Å². The molecule has 0 fully saturated rings. The molecule has 0 spiro atoms. The van der Waals surface area contributed by atoms with Crippen LogP contribution in [0.4, 0.5) is 0 Å². The molecule has 0 aliphatic carbocycles. The molecular weight excluding hydrogens is 226 g/mol. The zero-order valence-electron chi connectivity index (χ0n) is 9.73. The van der Waals surface area contributed by atoms with Crippen LogP contribution in [-0.4, -0.2) is 27.3 Å². The molecule has 4 nitrogen and oxygen atoms in total. The maximum absolute atomic E-state index is 12.0. The molecule has 0 bridgehead atoms. The van der Waals surface area contributed by atoms with Gasteiger partial charge in [0, 0.05) is 6.54 Å². The third-order valence-electron chi connectivity index (χ3n) is 2.56. The van der Waals surface area contributed by atoms with E-state index >= 15 is 0 Å². The van der Waals surface area contributed by atoms with Crippen LogP contribution in [0.15, 0.2) is 23.1 Å². The predicted molar refractivity (Wildman–Crippen MR) is 63.4 cm³/mol. The van der Waals surface area contributed by atoms with Crippen molar-refractivity contribution in [2.24, 2.45) is 5.73 Å². The molecular formula is C11H17NO3S. The summed E-state index contributed by atoms with van der Waals surface area (Å²) in [4.78, 5) is 0.295. The first-order chi connectivity index (χ1) is 7.43. The highest BCUT2D eigenvalue weighted by molar-refractivity contribution is 7.92. The first-order valence-corrected chi connectivity index (χ1v) is 6.56. The number of ether oxygens (including phenoxy) is 1. The van der Waals surface area contributed by atoms with E-state index in [1.165, 1.54) is 0 Å². The molecule has 0 aliphatic heterocycles. The van der Waals surface area contributed by atoms with E-state index < -0.39 is 15.1 Å². The molecule has 16 heavy (non-hydrogen) atoms. The molecule has 2 N–H and O–H groups in total. The average Bonchev–Trinajstić information content (AvgIpc) is 2.27. The van der Waals surface area contributed by atoms with Crippen LogP contribution in [0, 0.1) is 6.92 Å². The molecule has 1 aromatic rings. The summed E-state index contributed by atoms with van der Waals surface area (Å²) in [6.45, 7) is 3.53. The second-order valence-corrected chi connectivity index (χ2v) is 6.09. The van der Waals surface area contributed by atoms with E-state index in [2.05, 4.69) is 0 Å². The number of benzene rings is 1. The Morgan fingerprint density at radius 3 is 2.50 bits per heavy atom. The van der Waals surface area contributed by atoms with Gasteiger partial charge in [-0.2, -0.15) is 0 Å². The topological polar surface area (TPSA) is 69.4 Å². The third-order valence-corrected chi connectivity index (χ3v) is 4.72. The van der Waals surface area contributed by atoms with Crippen LogP contribution in [-0.2, 0) is 9.84 Å². The summed E-state index contributed by atoms with van der Waals surface area (Å²) < 4.78 is 29.1. The van der Waals surface area contributed by atoms with Gasteiger partial charge in [-0.3, -0.25) is 0 Å². The summed E-state index contributed by atoms with van der Waals surface area (Å²) in [6.07, 6.45) is 0. The van der Waals surface area contributed by atoms with Gasteiger partial charge in [-0.1, -0.05) is 0 Å². The Labute approximate surface area is 96.3 Å². The smallest absolute Gasteiger partial charge is 0.182 e. The fraction of sp³-hybridized carbons (Fsp3) is 0.455. The van der Waals surface area contributed by atoms with E-state index in [-0.39, 0.29) is 6.54 Å². The Hall–Kier alpha value is -1.07. The van der Waals surface area contributed by atoms with Crippen molar-refractivity contribution in [1.82, 2.24) is 0 Å². The lowest BCUT2D eigenvalue weighted by Crippen LogP contribution is -2.26. The molecule has 0 aliphatic rings. The maximum atomic E-state index is 12.0. The number of methoxy groups -OCH3 is 1. The number of hydrogen-bond acceptors (Lipinski definition) is 4. The van der Waals surface area contributed by atoms with Crippen LogP contribution < -0.4 is 10.5 Å². The van der Waals surface area contributed by atoms with Crippen molar-refractivity contribution in [3.05, 3.63) is 23.8 Å². The van der Waals surface area contributed by atoms with Crippen molar-refractivity contribution in [1.29, 1.82) is 0 Å². The van der Waals surface area contributed by atoms with Crippen LogP contribution in [0.25, 0.3) is 0 Å². The molecule has 5 heteroatoms. The number of rotatable bonds is 4. The van der Waals surface area contributed by atoms with Crippen LogP contribution in [0.3, 0.4) is 0 Å². The minimum absolute atomic E-state index is 0.118. The third kappa shape index (κ3) is 2.36. The number of aryl methyl sites for hydroxylation is 1. The standard InChI is InChI=1S/C11H17NO3S/c1-8-6-10(4-5-11(8)15-3)16(13,14)9(2)7-12/h4-6,9H,7,12H2,1-3H3. The van der Waals surface area contributed by atoms with Crippen LogP contribution in [0.1, 0.15) is 12.5 Å². The molecule has 90 valence electrons. The minimum Gasteiger partial charge on any atom is -0.496 e. The highest BCUT2D eigenvalue weighted by Crippen LogP contribution is 2.23. The molecule has 1 rings (SSSR count). The van der Waals surface area contributed by atoms with Crippen molar-refractivity contribution < 1.29 is 13.2 Å². The van der Waals surface area contributed by atoms with E-state index in [0.717, 1.165) is 5.56 Å². The quantitative estimate of drug-likeness (QED) is 0.860. The monoisotopic (exact) mass is 243 g/mol. The van der Waals surface area contributed by atoms with Gasteiger partial charge in [-0.15, -0.1) is 0 Å². The largest absolute Gasteiger partial charge is 0.496 e. The predicted octanol–water partition coefficient (Wildman–Crippen LogP) is 1.12. The van der Waals surface area contributed by atoms with Gasteiger partial charge in [0.2, 0.25) is 0 Å². The molecule has 0 heterocycles. The van der Waals surface area contributed by atoms with Gasteiger partial charge in [0.05, 0.1) is 17.3 Å². The first-order valence-electron chi connectivity index (χ1n) is 5.02. The van der Waals surface area contributed by atoms with Crippen LogP contribution >= 0.6 is 0 Å². The lowest BCUT2D eigenvalue weighted by atomic mass is 10.2. The summed E-state index contributed by atoms with van der Waals surface area (Å²) in [5, 5.41) is -0.569. The van der Waals surface area contributed by atoms with Gasteiger partial charge in [0.1, 0.15) is 5.75 Å². The van der Waals surface area contributed by atoms with E-state index in [4.69, 9.17) is 10.5 Å². The van der Waals surface area contributed by atoms with Gasteiger partial charge < -0.3 is 10.5 Å². The van der Waals surface area contributed by atoms with Crippen molar-refractivity contribution in [3.63, 3.8) is 0 Å². The van der Waals surface area contributed by atoms with Gasteiger partial charge >= 0.3 is 0 Å². The summed E-state index contributed by atoms with van der Waals surface area (Å²) in [5.74, 6) is 0.680. The minimum atomic E-state index is -3.32. The maximum Gasteiger partial charge on any atom is 0.182 e. The zero-order chi connectivity index (χ0) is 12.3. The Bertz CT molecular complexity index is 468. The molecule has 0 saturated carbocycles. The fourth-order valence-electron chi connectivity index (χ4n) is 1.39. The molecule has 1 aromatic carbocycles. The van der Waals surface area contributed by atoms with Crippen LogP contribution in [0.2, 0.25) is 0 Å². The van der Waals surface area contributed by atoms with Crippen molar-refractivity contribution in [3.8, 4) is 5.75 Å². The molecule has 0 radical (unpaired) electrons. The van der Waals surface area contributed by atoms with Crippen molar-refractivity contribution in [2.75, 3.05) is 13.7 Å². The molecule has 0 saturated heterocycles. The SMILES string of the molecule is COc1ccc(S(=O)(=O)C(C)CN)cc1C. The second-order valence-electron chi connectivity index (χ2n) is 3.72. The summed E-state index contributed by atoms with van der Waals surface area (Å²) in [7, 11) is -1.76. The van der Waals surface area contributed by atoms with Gasteiger partial charge in [-0.25, -0.2) is 8.42 Å². The van der Waals surface area contributed by atoms with E-state index in [1.807, 2.05) is 6.92 Å². The highest BCUT2D eigenvalue weighted by Gasteiger charge is 2.22. The molecule has 0 aromatic heterocycles. The van der Waals surface area contributed by atoms with E-state index in [0.29, 0.717) is 10.6 Å². The average molecular weight is 243 g/mol. The number of nitrogens with two attached hydrogens (primary N) is 1. The summed E-state index contributed by atoms with van der Waals surface area (Å²) in [5.41, 5.74) is 6.18. The molecule has 1 unspecified atom stereocenters. The summed E-state index contributed by atoms with van der Waals surface area (Å²) in [6, 6.07) is 4.82. The zero-order valence-corrected chi connectivity index (χ0v) is 10.5. The second kappa shape index (κ2) is 4.84. The molecule has 1 atom stereocenters. The fourth-order valence-corrected chi connectivity index (χ4v) is 2.70. The van der Waals surface area contributed by atoms with E-state index in [1.54, 1.807) is 32.2 Å². The van der Waals surface area contributed by atoms with E-state index in [9.17, 15) is 8.42 Å². The normalized spacial score (nSPS) is 13.5. The van der Waals surface area contributed by atoms with Gasteiger partial charge in [0.15, 0.2) is 9.84 Å². The summed E-state index contributed by atoms with van der Waals surface area (Å²) >= 11 is 0. The number of sulfone groups is 1. The van der Waals surface area contributed by atoms with Crippen molar-refractivity contribution >= 4 is 9.84 Å².